The van der Waals surface area contributed by atoms with Crippen molar-refractivity contribution in [2.75, 3.05) is 24.9 Å². The monoisotopic (exact) mass is 422 g/mol. The molecule has 3 aromatic rings. The first-order valence-corrected chi connectivity index (χ1v) is 9.84. The lowest BCUT2D eigenvalue weighted by molar-refractivity contribution is -0.116. The van der Waals surface area contributed by atoms with E-state index >= 15 is 0 Å². The average molecular weight is 422 g/mol. The molecule has 0 aliphatic carbocycles. The Hall–Kier alpha value is -3.81. The minimum atomic E-state index is -0.275. The maximum atomic E-state index is 12.5. The van der Waals surface area contributed by atoms with E-state index in [1.807, 2.05) is 26.0 Å². The molecule has 1 aromatic heterocycles. The largest absolute Gasteiger partial charge is 0.494 e. The molecule has 31 heavy (non-hydrogen) atoms. The summed E-state index contributed by atoms with van der Waals surface area (Å²) in [7, 11) is 2.99. The van der Waals surface area contributed by atoms with Gasteiger partial charge in [0.1, 0.15) is 11.5 Å². The van der Waals surface area contributed by atoms with Crippen LogP contribution in [0.4, 0.5) is 11.4 Å². The number of hydrogen-bond donors (Lipinski definition) is 2. The summed E-state index contributed by atoms with van der Waals surface area (Å²) in [5, 5.41) is 10.0. The maximum Gasteiger partial charge on any atom is 0.255 e. The second-order valence-corrected chi connectivity index (χ2v) is 7.02. The standard InChI is InChI=1S/C23H26N4O4/c1-15-12-16(2)27(26-15)11-10-22(28)24-18-13-21(31-4)19(14-20(18)30-3)25-23(29)17-8-6-5-7-9-17/h5-9,12-14H,10-11H2,1-4H3,(H,24,28)(H,25,29). The number of amides is 2. The van der Waals surface area contributed by atoms with Crippen LogP contribution in [0.2, 0.25) is 0 Å². The molecular formula is C23H26N4O4. The molecule has 0 saturated carbocycles. The van der Waals surface area contributed by atoms with Crippen molar-refractivity contribution < 1.29 is 19.1 Å². The number of anilines is 2. The number of carbonyl (C=O) groups excluding carboxylic acids is 2. The lowest BCUT2D eigenvalue weighted by Gasteiger charge is -2.16. The number of ether oxygens (including phenoxy) is 2. The number of nitrogens with one attached hydrogen (secondary N) is 2. The SMILES string of the molecule is COc1cc(NC(=O)c2ccccc2)c(OC)cc1NC(=O)CCn1nc(C)cc1C. The van der Waals surface area contributed by atoms with Crippen LogP contribution in [0.5, 0.6) is 11.5 Å². The highest BCUT2D eigenvalue weighted by Gasteiger charge is 2.16. The van der Waals surface area contributed by atoms with Crippen LogP contribution >= 0.6 is 0 Å². The summed E-state index contributed by atoms with van der Waals surface area (Å²) >= 11 is 0. The molecule has 0 aliphatic rings. The molecule has 8 heteroatoms. The molecule has 0 spiro atoms. The van der Waals surface area contributed by atoms with Gasteiger partial charge in [-0.05, 0) is 32.0 Å². The van der Waals surface area contributed by atoms with Gasteiger partial charge >= 0.3 is 0 Å². The summed E-state index contributed by atoms with van der Waals surface area (Å²) < 4.78 is 12.6. The maximum absolute atomic E-state index is 12.5. The minimum Gasteiger partial charge on any atom is -0.494 e. The fraction of sp³-hybridized carbons (Fsp3) is 0.261. The molecule has 8 nitrogen and oxygen atoms in total. The molecule has 2 N–H and O–H groups in total. The highest BCUT2D eigenvalue weighted by atomic mass is 16.5. The number of hydrogen-bond acceptors (Lipinski definition) is 5. The van der Waals surface area contributed by atoms with Gasteiger partial charge in [0.15, 0.2) is 0 Å². The second-order valence-electron chi connectivity index (χ2n) is 7.02. The third-order valence-corrected chi connectivity index (χ3v) is 4.73. The first-order chi connectivity index (χ1) is 14.9. The number of rotatable bonds is 8. The van der Waals surface area contributed by atoms with Crippen molar-refractivity contribution in [3.8, 4) is 11.5 Å². The topological polar surface area (TPSA) is 94.5 Å². The lowest BCUT2D eigenvalue weighted by Crippen LogP contribution is -2.17. The number of carbonyl (C=O) groups is 2. The van der Waals surface area contributed by atoms with Gasteiger partial charge in [-0.1, -0.05) is 18.2 Å². The number of methoxy groups -OCH3 is 2. The average Bonchev–Trinajstić information content (AvgIpc) is 3.10. The second kappa shape index (κ2) is 9.80. The summed E-state index contributed by atoms with van der Waals surface area (Å²) in [6.07, 6.45) is 0.250. The van der Waals surface area contributed by atoms with Crippen molar-refractivity contribution in [2.24, 2.45) is 0 Å². The Bertz CT molecular complexity index is 1080. The van der Waals surface area contributed by atoms with Crippen LogP contribution in [0.3, 0.4) is 0 Å². The molecule has 3 rings (SSSR count). The first kappa shape index (κ1) is 21.9. The fourth-order valence-electron chi connectivity index (χ4n) is 3.20. The van der Waals surface area contributed by atoms with Gasteiger partial charge in [0.05, 0.1) is 31.3 Å². The van der Waals surface area contributed by atoms with E-state index in [-0.39, 0.29) is 18.2 Å². The van der Waals surface area contributed by atoms with Gasteiger partial charge in [0, 0.05) is 36.4 Å². The third-order valence-electron chi connectivity index (χ3n) is 4.73. The summed E-state index contributed by atoms with van der Waals surface area (Å²) in [6, 6.07) is 14.1. The predicted octanol–water partition coefficient (Wildman–Crippen LogP) is 3.80. The van der Waals surface area contributed by atoms with Crippen molar-refractivity contribution in [3.05, 3.63) is 65.5 Å². The molecule has 0 aliphatic heterocycles. The Labute approximate surface area is 181 Å². The van der Waals surface area contributed by atoms with E-state index in [0.717, 1.165) is 11.4 Å². The van der Waals surface area contributed by atoms with Crippen molar-refractivity contribution in [1.82, 2.24) is 9.78 Å². The molecule has 0 fully saturated rings. The Kier molecular flexibility index (Phi) is 6.92. The smallest absolute Gasteiger partial charge is 0.255 e. The van der Waals surface area contributed by atoms with Gasteiger partial charge in [-0.2, -0.15) is 5.10 Å². The Morgan fingerprint density at radius 3 is 2.10 bits per heavy atom. The number of benzene rings is 2. The van der Waals surface area contributed by atoms with Gasteiger partial charge in [0.25, 0.3) is 5.91 Å². The molecule has 0 bridgehead atoms. The normalized spacial score (nSPS) is 10.5. The molecule has 2 amide bonds. The quantitative estimate of drug-likeness (QED) is 0.576. The van der Waals surface area contributed by atoms with Crippen molar-refractivity contribution >= 4 is 23.2 Å². The molecule has 1 heterocycles. The van der Waals surface area contributed by atoms with Gasteiger partial charge < -0.3 is 20.1 Å². The predicted molar refractivity (Wildman–Crippen MR) is 119 cm³/mol. The number of nitrogens with zero attached hydrogens (tertiary/aromatic N) is 2. The number of aromatic nitrogens is 2. The summed E-state index contributed by atoms with van der Waals surface area (Å²) in [5.41, 5.74) is 3.33. The van der Waals surface area contributed by atoms with E-state index in [4.69, 9.17) is 9.47 Å². The summed E-state index contributed by atoms with van der Waals surface area (Å²) in [6.45, 7) is 4.34. The van der Waals surface area contributed by atoms with Crippen molar-refractivity contribution in [3.63, 3.8) is 0 Å². The highest BCUT2D eigenvalue weighted by Crippen LogP contribution is 2.36. The van der Waals surface area contributed by atoms with Crippen LogP contribution in [-0.4, -0.2) is 35.8 Å². The van der Waals surface area contributed by atoms with Crippen LogP contribution in [-0.2, 0) is 11.3 Å². The van der Waals surface area contributed by atoms with Crippen LogP contribution in [0.15, 0.2) is 48.5 Å². The third kappa shape index (κ3) is 5.42. The molecule has 0 unspecified atom stereocenters. The Morgan fingerprint density at radius 2 is 1.55 bits per heavy atom. The Balaban J connectivity index is 1.74. The van der Waals surface area contributed by atoms with Crippen LogP contribution in [0.25, 0.3) is 0 Å². The van der Waals surface area contributed by atoms with E-state index in [2.05, 4.69) is 15.7 Å². The van der Waals surface area contributed by atoms with E-state index in [1.54, 1.807) is 41.1 Å². The molecule has 0 radical (unpaired) electrons. The van der Waals surface area contributed by atoms with E-state index in [0.29, 0.717) is 35.0 Å². The highest BCUT2D eigenvalue weighted by molar-refractivity contribution is 6.05. The van der Waals surface area contributed by atoms with E-state index in [9.17, 15) is 9.59 Å². The van der Waals surface area contributed by atoms with Crippen LogP contribution in [0, 0.1) is 13.8 Å². The van der Waals surface area contributed by atoms with Gasteiger partial charge in [-0.25, -0.2) is 0 Å². The van der Waals surface area contributed by atoms with Crippen LogP contribution in [0.1, 0.15) is 28.2 Å². The van der Waals surface area contributed by atoms with Gasteiger partial charge in [-0.3, -0.25) is 14.3 Å². The van der Waals surface area contributed by atoms with Gasteiger partial charge in [0.2, 0.25) is 5.91 Å². The fourth-order valence-corrected chi connectivity index (χ4v) is 3.20. The minimum absolute atomic E-state index is 0.186. The summed E-state index contributed by atoms with van der Waals surface area (Å²) in [5.74, 6) is 0.346. The molecule has 2 aromatic carbocycles. The summed E-state index contributed by atoms with van der Waals surface area (Å²) in [4.78, 5) is 25.0. The van der Waals surface area contributed by atoms with Crippen molar-refractivity contribution in [1.29, 1.82) is 0 Å². The Morgan fingerprint density at radius 1 is 0.935 bits per heavy atom. The van der Waals surface area contributed by atoms with Crippen molar-refractivity contribution in [2.45, 2.75) is 26.8 Å². The van der Waals surface area contributed by atoms with E-state index in [1.165, 1.54) is 14.2 Å². The zero-order valence-electron chi connectivity index (χ0n) is 18.1. The molecule has 0 saturated heterocycles. The van der Waals surface area contributed by atoms with Crippen LogP contribution < -0.4 is 20.1 Å². The first-order valence-electron chi connectivity index (χ1n) is 9.84. The zero-order chi connectivity index (χ0) is 22.4. The van der Waals surface area contributed by atoms with E-state index < -0.39 is 0 Å². The van der Waals surface area contributed by atoms with Gasteiger partial charge in [-0.15, -0.1) is 0 Å². The molecular weight excluding hydrogens is 396 g/mol. The zero-order valence-corrected chi connectivity index (χ0v) is 18.1. The lowest BCUT2D eigenvalue weighted by atomic mass is 10.2. The molecule has 162 valence electrons. The molecule has 0 atom stereocenters. The number of aryl methyl sites for hydroxylation is 3.